The lowest BCUT2D eigenvalue weighted by atomic mass is 10.0. The molecule has 2 aromatic heterocycles. The van der Waals surface area contributed by atoms with Crippen LogP contribution in [-0.2, 0) is 11.2 Å². The Hall–Kier alpha value is -1.89. The van der Waals surface area contributed by atoms with E-state index in [4.69, 9.17) is 27.6 Å². The maximum Gasteiger partial charge on any atom is 0.322 e. The Labute approximate surface area is 152 Å². The molecule has 8 heteroatoms. The lowest BCUT2D eigenvalue weighted by Gasteiger charge is -2.04. The molecule has 0 aliphatic rings. The number of amides is 1. The zero-order valence-electron chi connectivity index (χ0n) is 12.9. The van der Waals surface area contributed by atoms with Crippen molar-refractivity contribution in [2.45, 2.75) is 20.3 Å². The summed E-state index contributed by atoms with van der Waals surface area (Å²) in [6, 6.07) is 7.57. The molecule has 1 amide bonds. The van der Waals surface area contributed by atoms with Gasteiger partial charge >= 0.3 is 6.01 Å². The van der Waals surface area contributed by atoms with E-state index in [0.29, 0.717) is 14.2 Å². The monoisotopic (exact) mass is 381 g/mol. The van der Waals surface area contributed by atoms with Gasteiger partial charge in [0.1, 0.15) is 4.34 Å². The molecule has 124 valence electrons. The Bertz CT molecular complexity index is 905. The second-order valence-corrected chi connectivity index (χ2v) is 7.58. The highest BCUT2D eigenvalue weighted by molar-refractivity contribution is 7.20. The third-order valence-electron chi connectivity index (χ3n) is 3.49. The normalized spacial score (nSPS) is 10.8. The summed E-state index contributed by atoms with van der Waals surface area (Å²) in [5.41, 5.74) is 3.80. The number of thiophene rings is 1. The van der Waals surface area contributed by atoms with Gasteiger partial charge in [0.15, 0.2) is 0 Å². The minimum Gasteiger partial charge on any atom is -0.403 e. The number of hydrogen-bond donors (Lipinski definition) is 1. The SMILES string of the molecule is Cc1ccc(CC(=O)Nc2nnc(-c3cc(Cl)sc3Cl)o2)cc1C. The van der Waals surface area contributed by atoms with Gasteiger partial charge in [0.25, 0.3) is 5.89 Å². The van der Waals surface area contributed by atoms with Crippen LogP contribution in [0, 0.1) is 13.8 Å². The fourth-order valence-electron chi connectivity index (χ4n) is 2.13. The average Bonchev–Trinajstić information content (AvgIpc) is 3.09. The highest BCUT2D eigenvalue weighted by Crippen LogP contribution is 2.37. The highest BCUT2D eigenvalue weighted by atomic mass is 35.5. The highest BCUT2D eigenvalue weighted by Gasteiger charge is 2.16. The lowest BCUT2D eigenvalue weighted by Crippen LogP contribution is -2.14. The Morgan fingerprint density at radius 3 is 2.67 bits per heavy atom. The van der Waals surface area contributed by atoms with Crippen LogP contribution in [0.25, 0.3) is 11.5 Å². The maximum absolute atomic E-state index is 12.1. The summed E-state index contributed by atoms with van der Waals surface area (Å²) in [5.74, 6) is -0.0208. The number of anilines is 1. The zero-order valence-corrected chi connectivity index (χ0v) is 15.2. The lowest BCUT2D eigenvalue weighted by molar-refractivity contribution is -0.115. The van der Waals surface area contributed by atoms with Gasteiger partial charge in [0.05, 0.1) is 16.3 Å². The fraction of sp³-hybridized carbons (Fsp3) is 0.188. The van der Waals surface area contributed by atoms with Crippen molar-refractivity contribution in [1.29, 1.82) is 0 Å². The predicted octanol–water partition coefficient (Wildman–Crippen LogP) is 4.90. The fourth-order valence-corrected chi connectivity index (χ4v) is 3.58. The summed E-state index contributed by atoms with van der Waals surface area (Å²) in [6.07, 6.45) is 0.226. The van der Waals surface area contributed by atoms with Gasteiger partial charge < -0.3 is 4.42 Å². The van der Waals surface area contributed by atoms with Gasteiger partial charge in [-0.15, -0.1) is 16.4 Å². The summed E-state index contributed by atoms with van der Waals surface area (Å²) < 4.78 is 6.40. The van der Waals surface area contributed by atoms with E-state index in [1.54, 1.807) is 6.07 Å². The van der Waals surface area contributed by atoms with Crippen LogP contribution in [0.5, 0.6) is 0 Å². The number of halogens is 2. The van der Waals surface area contributed by atoms with E-state index in [0.717, 1.165) is 11.1 Å². The van der Waals surface area contributed by atoms with Crippen molar-refractivity contribution in [2.24, 2.45) is 0 Å². The third kappa shape index (κ3) is 3.77. The van der Waals surface area contributed by atoms with Crippen LogP contribution in [0.3, 0.4) is 0 Å². The largest absolute Gasteiger partial charge is 0.403 e. The summed E-state index contributed by atoms with van der Waals surface area (Å²) in [5, 5.41) is 10.3. The number of aromatic nitrogens is 2. The number of nitrogens with one attached hydrogen (secondary N) is 1. The average molecular weight is 382 g/mol. The van der Waals surface area contributed by atoms with E-state index in [1.807, 2.05) is 32.0 Å². The Balaban J connectivity index is 1.69. The van der Waals surface area contributed by atoms with Crippen molar-refractivity contribution < 1.29 is 9.21 Å². The van der Waals surface area contributed by atoms with Gasteiger partial charge in [-0.05, 0) is 36.6 Å². The molecule has 0 saturated carbocycles. The predicted molar refractivity (Wildman–Crippen MR) is 95.9 cm³/mol. The van der Waals surface area contributed by atoms with E-state index in [9.17, 15) is 4.79 Å². The van der Waals surface area contributed by atoms with Crippen molar-refractivity contribution in [1.82, 2.24) is 10.2 Å². The molecule has 0 aliphatic heterocycles. The molecular formula is C16H13Cl2N3O2S. The number of carbonyl (C=O) groups excluding carboxylic acids is 1. The van der Waals surface area contributed by atoms with Gasteiger partial charge in [-0.3, -0.25) is 10.1 Å². The molecule has 0 aliphatic carbocycles. The van der Waals surface area contributed by atoms with Gasteiger partial charge in [0.2, 0.25) is 5.91 Å². The summed E-state index contributed by atoms with van der Waals surface area (Å²) >= 11 is 13.2. The molecule has 5 nitrogen and oxygen atoms in total. The first kappa shape index (κ1) is 17.0. The van der Waals surface area contributed by atoms with Crippen LogP contribution in [0.2, 0.25) is 8.67 Å². The van der Waals surface area contributed by atoms with Gasteiger partial charge in [-0.1, -0.05) is 46.5 Å². The number of nitrogens with zero attached hydrogens (tertiary/aromatic N) is 2. The van der Waals surface area contributed by atoms with E-state index < -0.39 is 0 Å². The molecule has 2 heterocycles. The number of benzene rings is 1. The van der Waals surface area contributed by atoms with E-state index in [2.05, 4.69) is 15.5 Å². The van der Waals surface area contributed by atoms with E-state index in [-0.39, 0.29) is 24.2 Å². The Morgan fingerprint density at radius 1 is 1.21 bits per heavy atom. The summed E-state index contributed by atoms with van der Waals surface area (Å²) in [6.45, 7) is 4.04. The summed E-state index contributed by atoms with van der Waals surface area (Å²) in [7, 11) is 0. The molecule has 0 bridgehead atoms. The molecular weight excluding hydrogens is 369 g/mol. The first-order valence-corrected chi connectivity index (χ1v) is 8.64. The second kappa shape index (κ2) is 6.93. The van der Waals surface area contributed by atoms with Crippen molar-refractivity contribution in [3.05, 3.63) is 49.6 Å². The maximum atomic E-state index is 12.1. The molecule has 3 rings (SSSR count). The number of hydrogen-bond acceptors (Lipinski definition) is 5. The molecule has 0 fully saturated rings. The molecule has 1 N–H and O–H groups in total. The standard InChI is InChI=1S/C16H13Cl2N3O2S/c1-8-3-4-10(5-9(8)2)6-13(22)19-16-21-20-15(23-16)11-7-12(17)24-14(11)18/h3-5,7H,6H2,1-2H3,(H,19,21,22). The quantitative estimate of drug-likeness (QED) is 0.697. The Kier molecular flexibility index (Phi) is 4.89. The van der Waals surface area contributed by atoms with Crippen LogP contribution >= 0.6 is 34.5 Å². The molecule has 0 radical (unpaired) electrons. The number of aryl methyl sites for hydroxylation is 2. The van der Waals surface area contributed by atoms with Crippen LogP contribution in [0.1, 0.15) is 16.7 Å². The van der Waals surface area contributed by atoms with Crippen LogP contribution in [0.15, 0.2) is 28.7 Å². The minimum absolute atomic E-state index is 0.0252. The molecule has 0 atom stereocenters. The van der Waals surface area contributed by atoms with Gasteiger partial charge in [-0.25, -0.2) is 0 Å². The first-order chi connectivity index (χ1) is 11.4. The van der Waals surface area contributed by atoms with Crippen molar-refractivity contribution in [2.75, 3.05) is 5.32 Å². The first-order valence-electron chi connectivity index (χ1n) is 7.07. The second-order valence-electron chi connectivity index (χ2n) is 5.29. The van der Waals surface area contributed by atoms with E-state index >= 15 is 0 Å². The zero-order chi connectivity index (χ0) is 17.3. The van der Waals surface area contributed by atoms with E-state index in [1.165, 1.54) is 16.9 Å². The van der Waals surface area contributed by atoms with Crippen LogP contribution in [-0.4, -0.2) is 16.1 Å². The summed E-state index contributed by atoms with van der Waals surface area (Å²) in [4.78, 5) is 12.1. The van der Waals surface area contributed by atoms with Crippen molar-refractivity contribution in [3.8, 4) is 11.5 Å². The molecule has 0 spiro atoms. The Morgan fingerprint density at radius 2 is 2.00 bits per heavy atom. The van der Waals surface area contributed by atoms with Crippen molar-refractivity contribution >= 4 is 46.5 Å². The van der Waals surface area contributed by atoms with Crippen LogP contribution < -0.4 is 5.32 Å². The van der Waals surface area contributed by atoms with Gasteiger partial charge in [0, 0.05) is 0 Å². The molecule has 0 saturated heterocycles. The van der Waals surface area contributed by atoms with Crippen LogP contribution in [0.4, 0.5) is 6.01 Å². The topological polar surface area (TPSA) is 68.0 Å². The number of carbonyl (C=O) groups is 1. The van der Waals surface area contributed by atoms with Gasteiger partial charge in [-0.2, -0.15) is 0 Å². The van der Waals surface area contributed by atoms with Crippen molar-refractivity contribution in [3.63, 3.8) is 0 Å². The molecule has 3 aromatic rings. The molecule has 24 heavy (non-hydrogen) atoms. The molecule has 1 aromatic carbocycles. The smallest absolute Gasteiger partial charge is 0.322 e. The number of rotatable bonds is 4. The third-order valence-corrected chi connectivity index (χ3v) is 4.98. The molecule has 0 unspecified atom stereocenters. The minimum atomic E-state index is -0.233.